The quantitative estimate of drug-likeness (QED) is 0.893. The summed E-state index contributed by atoms with van der Waals surface area (Å²) >= 11 is 9.43. The Morgan fingerprint density at radius 3 is 2.94 bits per heavy atom. The molecule has 1 aromatic heterocycles. The van der Waals surface area contributed by atoms with E-state index in [2.05, 4.69) is 26.2 Å². The number of aromatic amines is 1. The summed E-state index contributed by atoms with van der Waals surface area (Å²) in [7, 11) is 1.63. The molecule has 0 radical (unpaired) electrons. The predicted molar refractivity (Wildman–Crippen MR) is 73.8 cm³/mol. The Morgan fingerprint density at radius 2 is 2.29 bits per heavy atom. The van der Waals surface area contributed by atoms with E-state index in [1.54, 1.807) is 7.11 Å². The van der Waals surface area contributed by atoms with Crippen molar-refractivity contribution in [3.8, 4) is 5.75 Å². The summed E-state index contributed by atoms with van der Waals surface area (Å²) in [5.74, 6) is 0.755. The van der Waals surface area contributed by atoms with Crippen LogP contribution in [0.5, 0.6) is 5.75 Å². The zero-order valence-corrected chi connectivity index (χ0v) is 11.6. The lowest BCUT2D eigenvalue weighted by molar-refractivity contribution is 0.414. The second-order valence-electron chi connectivity index (χ2n) is 3.54. The van der Waals surface area contributed by atoms with E-state index in [1.807, 2.05) is 30.6 Å². The number of halogens is 2. The molecule has 0 saturated carbocycles. The Labute approximate surface area is 113 Å². The van der Waals surface area contributed by atoms with E-state index in [4.69, 9.17) is 16.3 Å². The molecule has 5 heteroatoms. The molecular weight excluding hydrogens is 304 g/mol. The monoisotopic (exact) mass is 314 g/mol. The number of ether oxygens (including phenoxy) is 1. The zero-order chi connectivity index (χ0) is 12.3. The normalized spacial score (nSPS) is 10.3. The number of nitrogens with one attached hydrogen (secondary N) is 2. The van der Waals surface area contributed by atoms with Crippen LogP contribution in [0.15, 0.2) is 35.1 Å². The van der Waals surface area contributed by atoms with Gasteiger partial charge in [-0.3, -0.25) is 0 Å². The number of H-pyrrole nitrogens is 1. The molecule has 1 aromatic carbocycles. The Morgan fingerprint density at radius 1 is 1.47 bits per heavy atom. The second kappa shape index (κ2) is 5.47. The molecule has 0 atom stereocenters. The third-order valence-corrected chi connectivity index (χ3v) is 3.17. The molecule has 0 saturated heterocycles. The summed E-state index contributed by atoms with van der Waals surface area (Å²) in [4.78, 5) is 3.01. The summed E-state index contributed by atoms with van der Waals surface area (Å²) in [6.45, 7) is 0.715. The molecule has 17 heavy (non-hydrogen) atoms. The Bertz CT molecular complexity index is 499. The molecule has 0 fully saturated rings. The van der Waals surface area contributed by atoms with E-state index >= 15 is 0 Å². The lowest BCUT2D eigenvalue weighted by Crippen LogP contribution is -2.01. The van der Waals surface area contributed by atoms with Crippen molar-refractivity contribution in [2.24, 2.45) is 0 Å². The van der Waals surface area contributed by atoms with E-state index in [0.717, 1.165) is 15.9 Å². The average molecular weight is 316 g/mol. The standard InChI is InChI=1S/C12H12BrClN2O/c1-17-12-10(13)4-9(14)5-11(12)16-7-8-2-3-15-6-8/h2-6,15-16H,7H2,1H3. The maximum absolute atomic E-state index is 6.01. The van der Waals surface area contributed by atoms with Gasteiger partial charge in [0.2, 0.25) is 0 Å². The summed E-state index contributed by atoms with van der Waals surface area (Å²) in [5, 5.41) is 3.95. The number of anilines is 1. The molecule has 2 aromatic rings. The van der Waals surface area contributed by atoms with Crippen LogP contribution >= 0.6 is 27.5 Å². The van der Waals surface area contributed by atoms with Crippen LogP contribution in [0.4, 0.5) is 5.69 Å². The lowest BCUT2D eigenvalue weighted by atomic mass is 10.2. The van der Waals surface area contributed by atoms with Gasteiger partial charge in [0, 0.05) is 24.0 Å². The Kier molecular flexibility index (Phi) is 3.97. The third kappa shape index (κ3) is 2.96. The molecular formula is C12H12BrClN2O. The van der Waals surface area contributed by atoms with Crippen LogP contribution < -0.4 is 10.1 Å². The average Bonchev–Trinajstić information content (AvgIpc) is 2.78. The number of hydrogen-bond donors (Lipinski definition) is 2. The van der Waals surface area contributed by atoms with Crippen molar-refractivity contribution < 1.29 is 4.74 Å². The van der Waals surface area contributed by atoms with Crippen LogP contribution in [0, 0.1) is 0 Å². The van der Waals surface area contributed by atoms with Gasteiger partial charge >= 0.3 is 0 Å². The summed E-state index contributed by atoms with van der Waals surface area (Å²) < 4.78 is 6.16. The largest absolute Gasteiger partial charge is 0.493 e. The number of aromatic nitrogens is 1. The van der Waals surface area contributed by atoms with Crippen LogP contribution in [0.3, 0.4) is 0 Å². The first-order valence-corrected chi connectivity index (χ1v) is 6.26. The molecule has 2 rings (SSSR count). The molecule has 0 amide bonds. The fraction of sp³-hybridized carbons (Fsp3) is 0.167. The van der Waals surface area contributed by atoms with Gasteiger partial charge in [-0.15, -0.1) is 0 Å². The number of hydrogen-bond acceptors (Lipinski definition) is 2. The van der Waals surface area contributed by atoms with Gasteiger partial charge < -0.3 is 15.0 Å². The van der Waals surface area contributed by atoms with E-state index in [0.29, 0.717) is 11.6 Å². The highest BCUT2D eigenvalue weighted by Gasteiger charge is 2.09. The minimum Gasteiger partial charge on any atom is -0.493 e. The first-order valence-electron chi connectivity index (χ1n) is 5.09. The minimum atomic E-state index is 0.661. The van der Waals surface area contributed by atoms with Crippen LogP contribution in [0.2, 0.25) is 5.02 Å². The Hall–Kier alpha value is -1.13. The van der Waals surface area contributed by atoms with Gasteiger partial charge in [-0.05, 0) is 39.7 Å². The molecule has 90 valence electrons. The molecule has 2 N–H and O–H groups in total. The van der Waals surface area contributed by atoms with Crippen molar-refractivity contribution in [1.29, 1.82) is 0 Å². The summed E-state index contributed by atoms with van der Waals surface area (Å²) in [5.41, 5.74) is 2.04. The molecule has 1 heterocycles. The number of benzene rings is 1. The first kappa shape index (κ1) is 12.3. The van der Waals surface area contributed by atoms with E-state index in [-0.39, 0.29) is 0 Å². The maximum atomic E-state index is 6.01. The van der Waals surface area contributed by atoms with Gasteiger partial charge in [0.05, 0.1) is 17.3 Å². The molecule has 0 spiro atoms. The highest BCUT2D eigenvalue weighted by Crippen LogP contribution is 2.36. The highest BCUT2D eigenvalue weighted by atomic mass is 79.9. The van der Waals surface area contributed by atoms with Crippen molar-refractivity contribution in [1.82, 2.24) is 4.98 Å². The molecule has 0 unspecified atom stereocenters. The lowest BCUT2D eigenvalue weighted by Gasteiger charge is -2.12. The third-order valence-electron chi connectivity index (χ3n) is 2.36. The van der Waals surface area contributed by atoms with E-state index in [1.165, 1.54) is 5.56 Å². The predicted octanol–water partition coefficient (Wildman–Crippen LogP) is 4.05. The fourth-order valence-electron chi connectivity index (χ4n) is 1.56. The minimum absolute atomic E-state index is 0.661. The zero-order valence-electron chi connectivity index (χ0n) is 9.26. The van der Waals surface area contributed by atoms with Gasteiger partial charge in [-0.2, -0.15) is 0 Å². The van der Waals surface area contributed by atoms with Crippen LogP contribution in [-0.4, -0.2) is 12.1 Å². The second-order valence-corrected chi connectivity index (χ2v) is 4.83. The van der Waals surface area contributed by atoms with Crippen LogP contribution in [-0.2, 0) is 6.54 Å². The van der Waals surface area contributed by atoms with Gasteiger partial charge in [-0.25, -0.2) is 0 Å². The molecule has 0 bridgehead atoms. The molecule has 0 aliphatic carbocycles. The van der Waals surface area contributed by atoms with Crippen molar-refractivity contribution in [2.45, 2.75) is 6.54 Å². The Balaban J connectivity index is 2.19. The molecule has 3 nitrogen and oxygen atoms in total. The van der Waals surface area contributed by atoms with Crippen LogP contribution in [0.25, 0.3) is 0 Å². The molecule has 0 aliphatic rings. The highest BCUT2D eigenvalue weighted by molar-refractivity contribution is 9.10. The van der Waals surface area contributed by atoms with Crippen molar-refractivity contribution in [3.05, 3.63) is 45.7 Å². The van der Waals surface area contributed by atoms with Crippen molar-refractivity contribution >= 4 is 33.2 Å². The van der Waals surface area contributed by atoms with E-state index in [9.17, 15) is 0 Å². The first-order chi connectivity index (χ1) is 8.20. The fourth-order valence-corrected chi connectivity index (χ4v) is 2.54. The van der Waals surface area contributed by atoms with Crippen molar-refractivity contribution in [3.63, 3.8) is 0 Å². The van der Waals surface area contributed by atoms with Gasteiger partial charge in [0.15, 0.2) is 5.75 Å². The summed E-state index contributed by atoms with van der Waals surface area (Å²) in [6, 6.07) is 5.67. The van der Waals surface area contributed by atoms with Gasteiger partial charge in [-0.1, -0.05) is 11.6 Å². The maximum Gasteiger partial charge on any atom is 0.156 e. The number of rotatable bonds is 4. The topological polar surface area (TPSA) is 37.0 Å². The smallest absolute Gasteiger partial charge is 0.156 e. The van der Waals surface area contributed by atoms with E-state index < -0.39 is 0 Å². The SMILES string of the molecule is COc1c(Br)cc(Cl)cc1NCc1cc[nH]c1. The van der Waals surface area contributed by atoms with Gasteiger partial charge in [0.1, 0.15) is 0 Å². The molecule has 0 aliphatic heterocycles. The van der Waals surface area contributed by atoms with Crippen LogP contribution in [0.1, 0.15) is 5.56 Å². The van der Waals surface area contributed by atoms with Gasteiger partial charge in [0.25, 0.3) is 0 Å². The summed E-state index contributed by atoms with van der Waals surface area (Å²) in [6.07, 6.45) is 3.83. The van der Waals surface area contributed by atoms with Crippen molar-refractivity contribution in [2.75, 3.05) is 12.4 Å². The number of methoxy groups -OCH3 is 1.